The average molecular weight is 200 g/mol. The predicted octanol–water partition coefficient (Wildman–Crippen LogP) is 1.27. The third-order valence-electron chi connectivity index (χ3n) is 1.72. The van der Waals surface area contributed by atoms with Crippen LogP contribution in [0.1, 0.15) is 12.5 Å². The second kappa shape index (κ2) is 4.65. The molecule has 0 saturated heterocycles. The lowest BCUT2D eigenvalue weighted by Gasteiger charge is -2.08. The van der Waals surface area contributed by atoms with Crippen LogP contribution in [0.4, 0.5) is 0 Å². The molecule has 66 valence electrons. The van der Waals surface area contributed by atoms with Gasteiger partial charge in [-0.1, -0.05) is 36.8 Å². The molecular weight excluding hydrogens is 186 g/mol. The van der Waals surface area contributed by atoms with Crippen LogP contribution in [-0.4, -0.2) is 14.8 Å². The van der Waals surface area contributed by atoms with E-state index in [-0.39, 0.29) is 0 Å². The first-order valence-electron chi connectivity index (χ1n) is 4.18. The Kier molecular flexibility index (Phi) is 3.79. The fourth-order valence-electron chi connectivity index (χ4n) is 1.12. The van der Waals surface area contributed by atoms with Crippen LogP contribution >= 0.6 is 11.1 Å². The molecule has 0 saturated carbocycles. The van der Waals surface area contributed by atoms with Gasteiger partial charge in [0.1, 0.15) is 0 Å². The number of halogens is 1. The summed E-state index contributed by atoms with van der Waals surface area (Å²) in [4.78, 5) is 3.29. The summed E-state index contributed by atoms with van der Waals surface area (Å²) in [6.07, 6.45) is 0. The number of nitrogens with one attached hydrogen (secondary N) is 1. The monoisotopic (exact) mass is 199 g/mol. The zero-order chi connectivity index (χ0) is 8.97. The first kappa shape index (κ1) is 9.77. The van der Waals surface area contributed by atoms with Gasteiger partial charge in [0.05, 0.1) is 0 Å². The third kappa shape index (κ3) is 2.63. The minimum absolute atomic E-state index is 0.953. The van der Waals surface area contributed by atoms with Crippen molar-refractivity contribution in [2.45, 2.75) is 13.8 Å². The second-order valence-corrected chi connectivity index (χ2v) is 5.94. The van der Waals surface area contributed by atoms with E-state index in [9.17, 15) is 0 Å². The molecule has 0 radical (unpaired) electrons. The van der Waals surface area contributed by atoms with Gasteiger partial charge in [0.25, 0.3) is 0 Å². The smallest absolute Gasteiger partial charge is 0.242 e. The summed E-state index contributed by atoms with van der Waals surface area (Å²) in [5.41, 5.74) is 1.28. The molecule has 0 aliphatic heterocycles. The van der Waals surface area contributed by atoms with Crippen LogP contribution in [-0.2, 0) is 0 Å². The Morgan fingerprint density at radius 1 is 1.50 bits per heavy atom. The van der Waals surface area contributed by atoms with Crippen LogP contribution in [0.5, 0.6) is 0 Å². The Balaban J connectivity index is 2.73. The molecule has 1 rings (SSSR count). The fourth-order valence-corrected chi connectivity index (χ4v) is 3.28. The minimum atomic E-state index is -1.37. The lowest BCUT2D eigenvalue weighted by Crippen LogP contribution is -2.39. The molecule has 0 fully saturated rings. The summed E-state index contributed by atoms with van der Waals surface area (Å²) < 4.78 is 0. The van der Waals surface area contributed by atoms with Gasteiger partial charge in [-0.15, -0.1) is 11.1 Å². The molecule has 0 bridgehead atoms. The van der Waals surface area contributed by atoms with Crippen LogP contribution in [0.25, 0.3) is 0 Å². The van der Waals surface area contributed by atoms with E-state index < -0.39 is 8.27 Å². The molecule has 1 unspecified atom stereocenters. The molecule has 0 spiro atoms. The van der Waals surface area contributed by atoms with Gasteiger partial charge in [-0.2, -0.15) is 0 Å². The number of hydrogen-bond acceptors (Lipinski definition) is 1. The topological polar surface area (TPSA) is 12.0 Å². The van der Waals surface area contributed by atoms with Crippen molar-refractivity contribution >= 4 is 24.5 Å². The highest BCUT2D eigenvalue weighted by Gasteiger charge is 2.07. The van der Waals surface area contributed by atoms with Crippen LogP contribution in [0.3, 0.4) is 0 Å². The van der Waals surface area contributed by atoms with E-state index in [1.54, 1.807) is 0 Å². The highest BCUT2D eigenvalue weighted by atomic mass is 35.6. The molecule has 1 aromatic rings. The number of hydrogen-bond donors (Lipinski definition) is 1. The summed E-state index contributed by atoms with van der Waals surface area (Å²) in [5.74, 6) is 0. The summed E-state index contributed by atoms with van der Waals surface area (Å²) in [6.45, 7) is 5.12. The van der Waals surface area contributed by atoms with Crippen molar-refractivity contribution in [3.05, 3.63) is 29.8 Å². The number of benzene rings is 1. The maximum Gasteiger partial charge on any atom is 0.242 e. The molecule has 3 heteroatoms. The third-order valence-corrected chi connectivity index (χ3v) is 4.65. The molecular formula is C9H14ClNSi. The highest BCUT2D eigenvalue weighted by Crippen LogP contribution is 1.95. The first-order valence-corrected chi connectivity index (χ1v) is 7.08. The van der Waals surface area contributed by atoms with Gasteiger partial charge in [-0.25, -0.2) is 0 Å². The molecule has 1 nitrogen and oxygen atoms in total. The zero-order valence-electron chi connectivity index (χ0n) is 7.47. The van der Waals surface area contributed by atoms with Crippen molar-refractivity contribution in [3.8, 4) is 0 Å². The van der Waals surface area contributed by atoms with Gasteiger partial charge >= 0.3 is 0 Å². The molecule has 12 heavy (non-hydrogen) atoms. The van der Waals surface area contributed by atoms with Crippen LogP contribution in [0.15, 0.2) is 24.3 Å². The molecule has 1 aromatic carbocycles. The Morgan fingerprint density at radius 2 is 2.25 bits per heavy atom. The van der Waals surface area contributed by atoms with E-state index in [0.717, 1.165) is 6.54 Å². The quantitative estimate of drug-likeness (QED) is 0.571. The highest BCUT2D eigenvalue weighted by molar-refractivity contribution is 7.12. The molecule has 0 aliphatic carbocycles. The standard InChI is InChI=1S/C9H14ClNSi/c1-3-11-12(10)9-6-4-5-8(2)7-9/h4-7,11-12H,3H2,1-2H3. The van der Waals surface area contributed by atoms with Gasteiger partial charge < -0.3 is 4.98 Å². The normalized spacial score (nSPS) is 12.9. The van der Waals surface area contributed by atoms with Gasteiger partial charge in [0, 0.05) is 0 Å². The lowest BCUT2D eigenvalue weighted by atomic mass is 10.2. The number of rotatable bonds is 3. The fraction of sp³-hybridized carbons (Fsp3) is 0.333. The van der Waals surface area contributed by atoms with Crippen molar-refractivity contribution in [1.29, 1.82) is 0 Å². The van der Waals surface area contributed by atoms with Gasteiger partial charge in [0.2, 0.25) is 8.27 Å². The maximum atomic E-state index is 6.21. The molecule has 0 amide bonds. The van der Waals surface area contributed by atoms with Gasteiger partial charge in [-0.3, -0.25) is 0 Å². The van der Waals surface area contributed by atoms with E-state index in [0.29, 0.717) is 0 Å². The van der Waals surface area contributed by atoms with Crippen molar-refractivity contribution in [3.63, 3.8) is 0 Å². The van der Waals surface area contributed by atoms with Gasteiger partial charge in [-0.05, 0) is 18.7 Å². The maximum absolute atomic E-state index is 6.21. The Labute approximate surface area is 80.1 Å². The zero-order valence-corrected chi connectivity index (χ0v) is 9.38. The van der Waals surface area contributed by atoms with Crippen molar-refractivity contribution < 1.29 is 0 Å². The molecule has 0 heterocycles. The van der Waals surface area contributed by atoms with Crippen LogP contribution < -0.4 is 10.2 Å². The van der Waals surface area contributed by atoms with Gasteiger partial charge in [0.15, 0.2) is 0 Å². The van der Waals surface area contributed by atoms with Crippen molar-refractivity contribution in [2.75, 3.05) is 6.54 Å². The Morgan fingerprint density at radius 3 is 2.83 bits per heavy atom. The molecule has 0 aliphatic rings. The molecule has 0 aromatic heterocycles. The predicted molar refractivity (Wildman–Crippen MR) is 57.5 cm³/mol. The largest absolute Gasteiger partial charge is 0.325 e. The van der Waals surface area contributed by atoms with E-state index in [2.05, 4.69) is 43.1 Å². The summed E-state index contributed by atoms with van der Waals surface area (Å²) >= 11 is 6.21. The van der Waals surface area contributed by atoms with Crippen LogP contribution in [0, 0.1) is 6.92 Å². The summed E-state index contributed by atoms with van der Waals surface area (Å²) in [7, 11) is -1.37. The first-order chi connectivity index (χ1) is 5.74. The molecule has 1 atom stereocenters. The minimum Gasteiger partial charge on any atom is -0.325 e. The Bertz CT molecular complexity index is 252. The van der Waals surface area contributed by atoms with E-state index in [1.807, 2.05) is 0 Å². The Hall–Kier alpha value is -0.313. The van der Waals surface area contributed by atoms with E-state index in [4.69, 9.17) is 11.1 Å². The van der Waals surface area contributed by atoms with E-state index >= 15 is 0 Å². The second-order valence-electron chi connectivity index (χ2n) is 2.83. The summed E-state index contributed by atoms with van der Waals surface area (Å²) in [5, 5.41) is 1.28. The van der Waals surface area contributed by atoms with Crippen molar-refractivity contribution in [1.82, 2.24) is 4.98 Å². The number of aryl methyl sites for hydroxylation is 1. The molecule has 1 N–H and O–H groups in total. The lowest BCUT2D eigenvalue weighted by molar-refractivity contribution is 1.01. The van der Waals surface area contributed by atoms with Crippen molar-refractivity contribution in [2.24, 2.45) is 0 Å². The van der Waals surface area contributed by atoms with Crippen LogP contribution in [0.2, 0.25) is 0 Å². The SMILES string of the molecule is CCN[SiH](Cl)c1cccc(C)c1. The summed E-state index contributed by atoms with van der Waals surface area (Å²) in [6, 6.07) is 8.41. The average Bonchev–Trinajstić information content (AvgIpc) is 2.05. The van der Waals surface area contributed by atoms with E-state index in [1.165, 1.54) is 10.8 Å².